The smallest absolute Gasteiger partial charge is 0 e. The van der Waals surface area contributed by atoms with E-state index < -0.39 is 0 Å². The van der Waals surface area contributed by atoms with Crippen LogP contribution in [0.3, 0.4) is 0 Å². The number of hydrogen-bond acceptors (Lipinski definition) is 0. The van der Waals surface area contributed by atoms with Crippen molar-refractivity contribution in [2.75, 3.05) is 0 Å². The second-order valence-corrected chi connectivity index (χ2v) is 5.02. The third kappa shape index (κ3) is 297. The summed E-state index contributed by atoms with van der Waals surface area (Å²) in [4.78, 5) is 0. The first-order valence-electron chi connectivity index (χ1n) is 9.37. The van der Waals surface area contributed by atoms with Crippen molar-refractivity contribution in [1.82, 2.24) is 0 Å². The van der Waals surface area contributed by atoms with Crippen LogP contribution in [0.25, 0.3) is 0 Å². The molecule has 0 radical (unpaired) electrons. The molecule has 0 unspecified atom stereocenters. The summed E-state index contributed by atoms with van der Waals surface area (Å²) in [6, 6.07) is 0. The van der Waals surface area contributed by atoms with Gasteiger partial charge in [0.1, 0.15) is 0 Å². The van der Waals surface area contributed by atoms with E-state index in [2.05, 4.69) is 69.2 Å². The Morgan fingerprint density at radius 3 is 0.448 bits per heavy atom. The van der Waals surface area contributed by atoms with Crippen LogP contribution in [0.5, 0.6) is 0 Å². The van der Waals surface area contributed by atoms with Crippen LogP contribution in [-0.4, -0.2) is 0 Å². The van der Waals surface area contributed by atoms with Gasteiger partial charge in [0.25, 0.3) is 0 Å². The summed E-state index contributed by atoms with van der Waals surface area (Å²) in [6.45, 7) is 29.8. The first kappa shape index (κ1) is 99.4. The Morgan fingerprint density at radius 2 is 0.448 bits per heavy atom. The van der Waals surface area contributed by atoms with E-state index in [-0.39, 0.29) is 246 Å². The second kappa shape index (κ2) is 137. The predicted molar refractivity (Wildman–Crippen MR) is 118 cm³/mol. The summed E-state index contributed by atoms with van der Waals surface area (Å²) in [5.41, 5.74) is 0. The summed E-state index contributed by atoms with van der Waals surface area (Å²) in [6.07, 6.45) is 5.11. The van der Waals surface area contributed by atoms with Crippen molar-refractivity contribution >= 4 is 0 Å². The molecule has 0 nitrogen and oxygen atoms in total. The summed E-state index contributed by atoms with van der Waals surface area (Å²) < 4.78 is 0. The molecule has 0 heterocycles. The topological polar surface area (TPSA) is 0 Å². The van der Waals surface area contributed by atoms with Gasteiger partial charge in [-0.2, -0.15) is 0 Å². The molecule has 0 amide bonds. The Morgan fingerprint density at radius 1 is 0.414 bits per heavy atom. The van der Waals surface area contributed by atoms with Crippen LogP contribution in [0.4, 0.5) is 0 Å². The molecule has 0 atom stereocenters. The maximum atomic E-state index is 2.22. The van der Waals surface area contributed by atoms with Crippen molar-refractivity contribution in [3.63, 3.8) is 0 Å². The van der Waals surface area contributed by atoms with Gasteiger partial charge in [0.15, 0.2) is 0 Å². The first-order valence-corrected chi connectivity index (χ1v) is 9.37. The van der Waals surface area contributed by atoms with Gasteiger partial charge in [0.2, 0.25) is 0 Å². The van der Waals surface area contributed by atoms with Gasteiger partial charge in [-0.1, -0.05) is 137 Å². The van der Waals surface area contributed by atoms with E-state index in [4.69, 9.17) is 0 Å². The molecule has 0 aliphatic heterocycles. The third-order valence-corrected chi connectivity index (χ3v) is 1.63. The van der Waals surface area contributed by atoms with Gasteiger partial charge in [-0.15, -0.1) is 0 Å². The molecule has 0 saturated carbocycles. The maximum absolute atomic E-state index is 2.22. The normalized spacial score (nSPS) is 4.97. The third-order valence-electron chi connectivity index (χ3n) is 1.63. The van der Waals surface area contributed by atoms with E-state index in [9.17, 15) is 0 Å². The molecule has 0 bridgehead atoms. The van der Waals surface area contributed by atoms with Crippen molar-refractivity contribution in [3.05, 3.63) is 0 Å². The van der Waals surface area contributed by atoms with E-state index >= 15 is 0 Å². The van der Waals surface area contributed by atoms with Crippen LogP contribution in [-0.2, 0) is 42.1 Å². The predicted octanol–water partition coefficient (Wildman–Crippen LogP) is 10.3. The Kier molecular flexibility index (Phi) is 470. The molecular formula is C22H60Ar5Pt2. The van der Waals surface area contributed by atoms with Crippen molar-refractivity contribution in [3.8, 4) is 0 Å². The van der Waals surface area contributed by atoms with E-state index in [0.717, 1.165) is 11.8 Å². The molecular weight excluding hydrogens is 854 g/mol. The molecule has 0 saturated heterocycles. The quantitative estimate of drug-likeness (QED) is 0.259. The molecule has 0 aliphatic rings. The fourth-order valence-corrected chi connectivity index (χ4v) is 0. The number of hydrogen-bond donors (Lipinski definition) is 0. The molecule has 208 valence electrons. The van der Waals surface area contributed by atoms with E-state index in [0.29, 0.717) is 0 Å². The minimum atomic E-state index is 0. The molecule has 0 aromatic carbocycles. The van der Waals surface area contributed by atoms with Gasteiger partial charge in [-0.05, 0) is 11.8 Å². The largest absolute Gasteiger partial charge is 0.0776 e. The van der Waals surface area contributed by atoms with Gasteiger partial charge in [0, 0.05) is 231 Å². The standard InChI is InChI=1S/2C5H12.2C3H8.2C2H6.2CH4.5Ar.2Pt/c2*1-4-5(2)3;2*1-3-2;2*1-2;;;;;;;;;/h2*5H,4H2,1-3H3;2*3H2,1-2H3;2*1-2H3;2*1H4;;;;;;;. The minimum absolute atomic E-state index is 0. The van der Waals surface area contributed by atoms with E-state index in [1.807, 2.05) is 27.7 Å². The van der Waals surface area contributed by atoms with Crippen molar-refractivity contribution in [2.24, 2.45) is 11.8 Å². The van der Waals surface area contributed by atoms with Crippen LogP contribution < -0.4 is 0 Å². The SMILES string of the molecule is C.C.CC.CC.CCC.CCC.CCC(C)C.CCC(C)C.[Ar].[Ar].[Ar].[Ar].[Ar].[Pt].[Pt]. The molecule has 7 heteroatoms. The summed E-state index contributed by atoms with van der Waals surface area (Å²) in [5, 5.41) is 0. The zero-order chi connectivity index (χ0) is 18.0. The summed E-state index contributed by atoms with van der Waals surface area (Å²) in [7, 11) is 0. The second-order valence-electron chi connectivity index (χ2n) is 5.02. The molecule has 0 aliphatic carbocycles. The van der Waals surface area contributed by atoms with Gasteiger partial charge < -0.3 is 0 Å². The Labute approximate surface area is 371 Å². The van der Waals surface area contributed by atoms with Crippen molar-refractivity contribution in [1.29, 1.82) is 0 Å². The molecule has 29 heavy (non-hydrogen) atoms. The average Bonchev–Trinajstić information content (AvgIpc) is 2.45. The van der Waals surface area contributed by atoms with Crippen LogP contribution in [0.15, 0.2) is 0 Å². The van der Waals surface area contributed by atoms with Crippen LogP contribution >= 0.6 is 0 Å². The maximum Gasteiger partial charge on any atom is 0 e. The minimum Gasteiger partial charge on any atom is -0.0776 e. The van der Waals surface area contributed by atoms with Crippen LogP contribution in [0, 0.1) is 201 Å². The zero-order valence-corrected chi connectivity index (χ0v) is 28.5. The molecule has 0 aromatic rings. The van der Waals surface area contributed by atoms with Gasteiger partial charge in [0.05, 0.1) is 0 Å². The van der Waals surface area contributed by atoms with Crippen LogP contribution in [0.2, 0.25) is 0 Å². The van der Waals surface area contributed by atoms with Gasteiger partial charge in [-0.25, -0.2) is 0 Å². The number of rotatable bonds is 2. The first-order chi connectivity index (χ1) is 9.37. The fourth-order valence-electron chi connectivity index (χ4n) is 0. The fraction of sp³-hybridized carbons (Fsp3) is 1.00. The molecule has 0 spiro atoms. The Bertz CT molecular complexity index is 81.6. The monoisotopic (exact) mass is 914 g/mol. The van der Waals surface area contributed by atoms with Gasteiger partial charge in [-0.3, -0.25) is 0 Å². The van der Waals surface area contributed by atoms with Crippen LogP contribution in [0.1, 0.15) is 137 Å². The summed E-state index contributed by atoms with van der Waals surface area (Å²) in [5.74, 6) is 1.77. The molecule has 0 N–H and O–H groups in total. The van der Waals surface area contributed by atoms with Crippen molar-refractivity contribution in [2.45, 2.75) is 137 Å². The van der Waals surface area contributed by atoms with Gasteiger partial charge >= 0.3 is 0 Å². The molecule has 0 fully saturated rings. The Hall–Kier alpha value is 7.68. The molecule has 0 aromatic heterocycles. The van der Waals surface area contributed by atoms with E-state index in [1.165, 1.54) is 25.7 Å². The molecule has 0 rings (SSSR count). The Balaban J connectivity index is -0.00000000604. The van der Waals surface area contributed by atoms with Crippen molar-refractivity contribution < 1.29 is 231 Å². The zero-order valence-electron chi connectivity index (χ0n) is 20.4. The average molecular weight is 915 g/mol. The summed E-state index contributed by atoms with van der Waals surface area (Å²) >= 11 is 0. The van der Waals surface area contributed by atoms with E-state index in [1.54, 1.807) is 0 Å².